The predicted molar refractivity (Wildman–Crippen MR) is 85.5 cm³/mol. The van der Waals surface area contributed by atoms with E-state index in [-0.39, 0.29) is 6.03 Å². The number of amides is 2. The van der Waals surface area contributed by atoms with Crippen LogP contribution in [0, 0.1) is 0 Å². The van der Waals surface area contributed by atoms with Gasteiger partial charge in [-0.15, -0.1) is 11.3 Å². The van der Waals surface area contributed by atoms with Crippen LogP contribution in [-0.4, -0.2) is 35.5 Å². The molecule has 1 N–H and O–H groups in total. The Morgan fingerprint density at radius 1 is 1.24 bits per heavy atom. The van der Waals surface area contributed by atoms with Crippen molar-refractivity contribution in [1.29, 1.82) is 0 Å². The molecule has 0 aliphatic carbocycles. The van der Waals surface area contributed by atoms with E-state index in [1.54, 1.807) is 11.3 Å². The van der Waals surface area contributed by atoms with Gasteiger partial charge in [0, 0.05) is 37.0 Å². The van der Waals surface area contributed by atoms with Crippen LogP contribution in [0.2, 0.25) is 0 Å². The quantitative estimate of drug-likeness (QED) is 0.943. The van der Waals surface area contributed by atoms with Gasteiger partial charge in [-0.25, -0.2) is 9.78 Å². The summed E-state index contributed by atoms with van der Waals surface area (Å²) >= 11 is 1.65. The van der Waals surface area contributed by atoms with Gasteiger partial charge in [0.2, 0.25) is 0 Å². The Bertz CT molecular complexity index is 591. The number of urea groups is 1. The van der Waals surface area contributed by atoms with Gasteiger partial charge < -0.3 is 10.2 Å². The summed E-state index contributed by atoms with van der Waals surface area (Å²) in [6.07, 6.45) is 3.04. The first-order valence-electron chi connectivity index (χ1n) is 7.35. The molecule has 1 aromatic carbocycles. The lowest BCUT2D eigenvalue weighted by molar-refractivity contribution is 0.209. The molecule has 2 amide bonds. The summed E-state index contributed by atoms with van der Waals surface area (Å²) in [6, 6.07) is 10.2. The molecule has 1 aliphatic heterocycles. The highest BCUT2D eigenvalue weighted by Gasteiger charge is 2.17. The molecule has 2 aromatic rings. The van der Waals surface area contributed by atoms with Crippen molar-refractivity contribution in [3.8, 4) is 11.3 Å². The molecule has 21 heavy (non-hydrogen) atoms. The summed E-state index contributed by atoms with van der Waals surface area (Å²) in [5.41, 5.74) is 2.16. The number of hydrogen-bond donors (Lipinski definition) is 1. The average molecular weight is 301 g/mol. The summed E-state index contributed by atoms with van der Waals surface area (Å²) in [7, 11) is 0. The highest BCUT2D eigenvalue weighted by atomic mass is 32.1. The fourth-order valence-electron chi connectivity index (χ4n) is 2.48. The van der Waals surface area contributed by atoms with E-state index in [9.17, 15) is 4.79 Å². The van der Waals surface area contributed by atoms with Gasteiger partial charge in [-0.1, -0.05) is 30.3 Å². The number of rotatable bonds is 4. The zero-order valence-corrected chi connectivity index (χ0v) is 12.7. The van der Waals surface area contributed by atoms with Crippen LogP contribution in [0.15, 0.2) is 35.7 Å². The second-order valence-corrected chi connectivity index (χ2v) is 6.11. The molecule has 1 fully saturated rings. The third-order valence-corrected chi connectivity index (χ3v) is 4.54. The van der Waals surface area contributed by atoms with Crippen molar-refractivity contribution < 1.29 is 4.79 Å². The first-order chi connectivity index (χ1) is 10.3. The molecule has 1 aliphatic rings. The Morgan fingerprint density at radius 2 is 2.00 bits per heavy atom. The van der Waals surface area contributed by atoms with Crippen molar-refractivity contribution in [1.82, 2.24) is 15.2 Å². The van der Waals surface area contributed by atoms with E-state index >= 15 is 0 Å². The monoisotopic (exact) mass is 301 g/mol. The molecule has 110 valence electrons. The number of thiazole rings is 1. The van der Waals surface area contributed by atoms with E-state index in [4.69, 9.17) is 0 Å². The molecule has 0 saturated carbocycles. The second kappa shape index (κ2) is 6.72. The van der Waals surface area contributed by atoms with Gasteiger partial charge >= 0.3 is 6.03 Å². The standard InChI is InChI=1S/C16H19N3OS/c20-16(19-10-4-5-11-19)17-9-8-15-18-14(12-21-15)13-6-2-1-3-7-13/h1-3,6-7,12H,4-5,8-11H2,(H,17,20). The highest BCUT2D eigenvalue weighted by Crippen LogP contribution is 2.21. The third kappa shape index (κ3) is 3.61. The summed E-state index contributed by atoms with van der Waals surface area (Å²) in [5.74, 6) is 0. The van der Waals surface area contributed by atoms with E-state index < -0.39 is 0 Å². The maximum atomic E-state index is 11.9. The van der Waals surface area contributed by atoms with Crippen molar-refractivity contribution >= 4 is 17.4 Å². The molecule has 4 nitrogen and oxygen atoms in total. The van der Waals surface area contributed by atoms with Crippen molar-refractivity contribution in [3.05, 3.63) is 40.7 Å². The van der Waals surface area contributed by atoms with Crippen molar-refractivity contribution in [3.63, 3.8) is 0 Å². The Labute approximate surface area is 128 Å². The Hall–Kier alpha value is -1.88. The number of carbonyl (C=O) groups excluding carboxylic acids is 1. The van der Waals surface area contributed by atoms with E-state index in [0.29, 0.717) is 6.54 Å². The summed E-state index contributed by atoms with van der Waals surface area (Å²) in [6.45, 7) is 2.43. The normalized spacial score (nSPS) is 14.4. The Kier molecular flexibility index (Phi) is 4.50. The zero-order chi connectivity index (χ0) is 14.5. The van der Waals surface area contributed by atoms with Gasteiger partial charge in [0.05, 0.1) is 10.7 Å². The highest BCUT2D eigenvalue weighted by molar-refractivity contribution is 7.09. The van der Waals surface area contributed by atoms with E-state index in [0.717, 1.165) is 48.6 Å². The molecule has 2 heterocycles. The maximum absolute atomic E-state index is 11.9. The van der Waals surface area contributed by atoms with Crippen LogP contribution >= 0.6 is 11.3 Å². The van der Waals surface area contributed by atoms with Gasteiger partial charge in [0.15, 0.2) is 0 Å². The van der Waals surface area contributed by atoms with Gasteiger partial charge in [0.1, 0.15) is 0 Å². The minimum Gasteiger partial charge on any atom is -0.338 e. The number of aromatic nitrogens is 1. The molecule has 1 saturated heterocycles. The van der Waals surface area contributed by atoms with Crippen LogP contribution in [0.1, 0.15) is 17.8 Å². The number of carbonyl (C=O) groups is 1. The smallest absolute Gasteiger partial charge is 0.317 e. The molecular weight excluding hydrogens is 282 g/mol. The lowest BCUT2D eigenvalue weighted by Crippen LogP contribution is -2.38. The first-order valence-corrected chi connectivity index (χ1v) is 8.23. The van der Waals surface area contributed by atoms with Crippen LogP contribution in [0.3, 0.4) is 0 Å². The van der Waals surface area contributed by atoms with Gasteiger partial charge in [-0.2, -0.15) is 0 Å². The molecule has 0 atom stereocenters. The van der Waals surface area contributed by atoms with E-state index in [1.807, 2.05) is 23.1 Å². The van der Waals surface area contributed by atoms with Crippen LogP contribution in [0.4, 0.5) is 4.79 Å². The topological polar surface area (TPSA) is 45.2 Å². The first kappa shape index (κ1) is 14.1. The number of hydrogen-bond acceptors (Lipinski definition) is 3. The fraction of sp³-hybridized carbons (Fsp3) is 0.375. The molecule has 1 aromatic heterocycles. The predicted octanol–water partition coefficient (Wildman–Crippen LogP) is 3.16. The van der Waals surface area contributed by atoms with Gasteiger partial charge in [-0.05, 0) is 12.8 Å². The maximum Gasteiger partial charge on any atom is 0.317 e. The average Bonchev–Trinajstić information content (AvgIpc) is 3.20. The number of benzene rings is 1. The Balaban J connectivity index is 1.50. The summed E-state index contributed by atoms with van der Waals surface area (Å²) in [5, 5.41) is 6.12. The van der Waals surface area contributed by atoms with Crippen molar-refractivity contribution in [2.75, 3.05) is 19.6 Å². The second-order valence-electron chi connectivity index (χ2n) is 5.17. The van der Waals surface area contributed by atoms with Crippen LogP contribution < -0.4 is 5.32 Å². The lowest BCUT2D eigenvalue weighted by atomic mass is 10.2. The molecule has 0 spiro atoms. The fourth-order valence-corrected chi connectivity index (χ4v) is 3.28. The minimum absolute atomic E-state index is 0.0624. The number of nitrogens with zero attached hydrogens (tertiary/aromatic N) is 2. The van der Waals surface area contributed by atoms with Gasteiger partial charge in [0.25, 0.3) is 0 Å². The lowest BCUT2D eigenvalue weighted by Gasteiger charge is -2.15. The number of likely N-dealkylation sites (tertiary alicyclic amines) is 1. The van der Waals surface area contributed by atoms with Crippen LogP contribution in [-0.2, 0) is 6.42 Å². The molecule has 5 heteroatoms. The van der Waals surface area contributed by atoms with Crippen molar-refractivity contribution in [2.45, 2.75) is 19.3 Å². The Morgan fingerprint density at radius 3 is 2.76 bits per heavy atom. The van der Waals surface area contributed by atoms with Crippen LogP contribution in [0.5, 0.6) is 0 Å². The molecule has 0 bridgehead atoms. The molecule has 0 unspecified atom stereocenters. The third-order valence-electron chi connectivity index (χ3n) is 3.63. The zero-order valence-electron chi connectivity index (χ0n) is 11.9. The molecule has 3 rings (SSSR count). The minimum atomic E-state index is 0.0624. The SMILES string of the molecule is O=C(NCCc1nc(-c2ccccc2)cs1)N1CCCC1. The molecular formula is C16H19N3OS. The van der Waals surface area contributed by atoms with Crippen LogP contribution in [0.25, 0.3) is 11.3 Å². The van der Waals surface area contributed by atoms with E-state index in [1.165, 1.54) is 0 Å². The van der Waals surface area contributed by atoms with Crippen molar-refractivity contribution in [2.24, 2.45) is 0 Å². The molecule has 0 radical (unpaired) electrons. The van der Waals surface area contributed by atoms with E-state index in [2.05, 4.69) is 27.8 Å². The summed E-state index contributed by atoms with van der Waals surface area (Å²) < 4.78 is 0. The number of nitrogens with one attached hydrogen (secondary N) is 1. The summed E-state index contributed by atoms with van der Waals surface area (Å²) in [4.78, 5) is 18.4. The van der Waals surface area contributed by atoms with Gasteiger partial charge in [-0.3, -0.25) is 0 Å². The largest absolute Gasteiger partial charge is 0.338 e.